The van der Waals surface area contributed by atoms with Crippen molar-refractivity contribution in [2.24, 2.45) is 5.73 Å². The van der Waals surface area contributed by atoms with E-state index in [1.54, 1.807) is 6.20 Å². The maximum Gasteiger partial charge on any atom is 0.128 e. The van der Waals surface area contributed by atoms with E-state index in [0.717, 1.165) is 35.9 Å². The minimum absolute atomic E-state index is 0.182. The Morgan fingerprint density at radius 3 is 2.63 bits per heavy atom. The molecule has 1 aromatic carbocycles. The van der Waals surface area contributed by atoms with Gasteiger partial charge in [0.05, 0.1) is 0 Å². The first-order valence-corrected chi connectivity index (χ1v) is 6.24. The zero-order valence-electron chi connectivity index (χ0n) is 10.7. The molecule has 100 valence electrons. The second-order valence-corrected chi connectivity index (χ2v) is 4.49. The molecule has 2 aromatic rings. The molecule has 0 aliphatic rings. The predicted molar refractivity (Wildman–Crippen MR) is 70.6 cm³/mol. The summed E-state index contributed by atoms with van der Waals surface area (Å²) >= 11 is 0. The maximum absolute atomic E-state index is 13.6. The van der Waals surface area contributed by atoms with Crippen LogP contribution >= 0.6 is 0 Å². The zero-order chi connectivity index (χ0) is 13.8. The van der Waals surface area contributed by atoms with Gasteiger partial charge in [-0.2, -0.15) is 0 Å². The first kappa shape index (κ1) is 13.6. The Balaban J connectivity index is 2.15. The van der Waals surface area contributed by atoms with Gasteiger partial charge in [0, 0.05) is 29.9 Å². The largest absolute Gasteiger partial charge is 0.324 e. The lowest BCUT2D eigenvalue weighted by Gasteiger charge is -2.13. The Labute approximate surface area is 111 Å². The Morgan fingerprint density at radius 1 is 1.21 bits per heavy atom. The van der Waals surface area contributed by atoms with Gasteiger partial charge in [-0.15, -0.1) is 0 Å². The van der Waals surface area contributed by atoms with Gasteiger partial charge >= 0.3 is 0 Å². The van der Waals surface area contributed by atoms with Crippen LogP contribution in [0.2, 0.25) is 0 Å². The highest BCUT2D eigenvalue weighted by molar-refractivity contribution is 5.24. The van der Waals surface area contributed by atoms with E-state index in [2.05, 4.69) is 4.98 Å². The molecule has 0 fully saturated rings. The van der Waals surface area contributed by atoms with Gasteiger partial charge in [0.25, 0.3) is 0 Å². The van der Waals surface area contributed by atoms with E-state index < -0.39 is 17.7 Å². The molecule has 0 bridgehead atoms. The predicted octanol–water partition coefficient (Wildman–Crippen LogP) is 3.16. The molecule has 1 heterocycles. The monoisotopic (exact) mass is 262 g/mol. The fourth-order valence-electron chi connectivity index (χ4n) is 1.92. The Morgan fingerprint density at radius 2 is 2.00 bits per heavy atom. The lowest BCUT2D eigenvalue weighted by atomic mass is 10.0. The fraction of sp³-hybridized carbons (Fsp3) is 0.267. The smallest absolute Gasteiger partial charge is 0.128 e. The second kappa shape index (κ2) is 5.89. The molecule has 0 aliphatic carbocycles. The molecule has 0 aliphatic heterocycles. The Kier molecular flexibility index (Phi) is 4.22. The number of rotatable bonds is 4. The van der Waals surface area contributed by atoms with Crippen molar-refractivity contribution in [3.8, 4) is 0 Å². The highest BCUT2D eigenvalue weighted by Gasteiger charge is 2.13. The molecule has 4 heteroatoms. The van der Waals surface area contributed by atoms with Gasteiger partial charge < -0.3 is 5.73 Å². The minimum Gasteiger partial charge on any atom is -0.324 e. The topological polar surface area (TPSA) is 38.9 Å². The molecule has 19 heavy (non-hydrogen) atoms. The third kappa shape index (κ3) is 3.35. The van der Waals surface area contributed by atoms with E-state index in [9.17, 15) is 8.78 Å². The molecule has 0 amide bonds. The molecule has 1 atom stereocenters. The molecule has 0 spiro atoms. The number of nitrogens with zero attached hydrogens (tertiary/aromatic N) is 1. The Bertz CT molecular complexity index is 553. The lowest BCUT2D eigenvalue weighted by molar-refractivity contribution is 0.559. The summed E-state index contributed by atoms with van der Waals surface area (Å²) in [5, 5.41) is 0. The molecule has 1 unspecified atom stereocenters. The summed E-state index contributed by atoms with van der Waals surface area (Å²) < 4.78 is 26.7. The number of nitrogens with two attached hydrogens (primary N) is 1. The summed E-state index contributed by atoms with van der Waals surface area (Å²) in [6, 6.07) is 6.56. The van der Waals surface area contributed by atoms with E-state index in [0.29, 0.717) is 6.42 Å². The molecular formula is C15H16F2N2. The van der Waals surface area contributed by atoms with Gasteiger partial charge in [-0.25, -0.2) is 8.78 Å². The first-order chi connectivity index (χ1) is 9.10. The van der Waals surface area contributed by atoms with Crippen LogP contribution in [0.4, 0.5) is 8.78 Å². The summed E-state index contributed by atoms with van der Waals surface area (Å²) in [5.74, 6) is -0.972. The maximum atomic E-state index is 13.6. The van der Waals surface area contributed by atoms with Crippen LogP contribution in [0, 0.1) is 11.6 Å². The van der Waals surface area contributed by atoms with Crippen LogP contribution in [0.5, 0.6) is 0 Å². The molecular weight excluding hydrogens is 246 g/mol. The summed E-state index contributed by atoms with van der Waals surface area (Å²) in [7, 11) is 0. The van der Waals surface area contributed by atoms with Crippen molar-refractivity contribution in [2.75, 3.05) is 0 Å². The molecule has 0 saturated heterocycles. The van der Waals surface area contributed by atoms with E-state index in [1.165, 1.54) is 0 Å². The van der Waals surface area contributed by atoms with Crippen molar-refractivity contribution < 1.29 is 8.78 Å². The number of aryl methyl sites for hydroxylation is 1. The van der Waals surface area contributed by atoms with E-state index in [-0.39, 0.29) is 5.56 Å². The van der Waals surface area contributed by atoms with Crippen LogP contribution in [0.1, 0.15) is 29.8 Å². The number of halogens is 2. The quantitative estimate of drug-likeness (QED) is 0.919. The standard InChI is InChI=1S/C15H16F2N2/c1-2-10-3-5-12(19-9-10)8-15(18)13-7-11(16)4-6-14(13)17/h3-7,9,15H,2,8,18H2,1H3. The number of hydrogen-bond acceptors (Lipinski definition) is 2. The summed E-state index contributed by atoms with van der Waals surface area (Å²) in [6.07, 6.45) is 3.08. The van der Waals surface area contributed by atoms with Crippen LogP contribution in [-0.2, 0) is 12.8 Å². The number of pyridine rings is 1. The summed E-state index contributed by atoms with van der Waals surface area (Å²) in [5.41, 5.74) is 8.01. The highest BCUT2D eigenvalue weighted by Crippen LogP contribution is 2.19. The third-order valence-electron chi connectivity index (χ3n) is 3.08. The fourth-order valence-corrected chi connectivity index (χ4v) is 1.92. The van der Waals surface area contributed by atoms with Crippen LogP contribution in [0.3, 0.4) is 0 Å². The first-order valence-electron chi connectivity index (χ1n) is 6.24. The van der Waals surface area contributed by atoms with Crippen molar-refractivity contribution in [2.45, 2.75) is 25.8 Å². The van der Waals surface area contributed by atoms with Gasteiger partial charge in [-0.05, 0) is 36.2 Å². The minimum atomic E-state index is -0.601. The second-order valence-electron chi connectivity index (χ2n) is 4.49. The van der Waals surface area contributed by atoms with Gasteiger partial charge in [-0.3, -0.25) is 4.98 Å². The van der Waals surface area contributed by atoms with Crippen molar-refractivity contribution in [1.82, 2.24) is 4.98 Å². The van der Waals surface area contributed by atoms with Gasteiger partial charge in [-0.1, -0.05) is 13.0 Å². The molecule has 1 aromatic heterocycles. The molecule has 2 rings (SSSR count). The number of aromatic nitrogens is 1. The summed E-state index contributed by atoms with van der Waals surface area (Å²) in [6.45, 7) is 2.05. The van der Waals surface area contributed by atoms with E-state index >= 15 is 0 Å². The van der Waals surface area contributed by atoms with Gasteiger partial charge in [0.15, 0.2) is 0 Å². The van der Waals surface area contributed by atoms with E-state index in [1.807, 2.05) is 19.1 Å². The highest BCUT2D eigenvalue weighted by atomic mass is 19.1. The average molecular weight is 262 g/mol. The normalized spacial score (nSPS) is 12.4. The van der Waals surface area contributed by atoms with Crippen LogP contribution in [-0.4, -0.2) is 4.98 Å². The SMILES string of the molecule is CCc1ccc(CC(N)c2cc(F)ccc2F)nc1. The third-order valence-corrected chi connectivity index (χ3v) is 3.08. The van der Waals surface area contributed by atoms with Gasteiger partial charge in [0.1, 0.15) is 11.6 Å². The Hall–Kier alpha value is -1.81. The average Bonchev–Trinajstić information content (AvgIpc) is 2.42. The van der Waals surface area contributed by atoms with Gasteiger partial charge in [0.2, 0.25) is 0 Å². The lowest BCUT2D eigenvalue weighted by Crippen LogP contribution is -2.16. The van der Waals surface area contributed by atoms with Crippen LogP contribution in [0.25, 0.3) is 0 Å². The molecule has 0 saturated carbocycles. The van der Waals surface area contributed by atoms with Crippen molar-refractivity contribution in [1.29, 1.82) is 0 Å². The van der Waals surface area contributed by atoms with Crippen molar-refractivity contribution >= 4 is 0 Å². The summed E-state index contributed by atoms with van der Waals surface area (Å²) in [4.78, 5) is 4.27. The molecule has 0 radical (unpaired) electrons. The van der Waals surface area contributed by atoms with Crippen molar-refractivity contribution in [3.05, 3.63) is 65.0 Å². The molecule has 2 N–H and O–H groups in total. The number of benzene rings is 1. The van der Waals surface area contributed by atoms with Crippen LogP contribution < -0.4 is 5.73 Å². The number of hydrogen-bond donors (Lipinski definition) is 1. The zero-order valence-corrected chi connectivity index (χ0v) is 10.7. The van der Waals surface area contributed by atoms with Crippen molar-refractivity contribution in [3.63, 3.8) is 0 Å². The molecule has 2 nitrogen and oxygen atoms in total. The van der Waals surface area contributed by atoms with Crippen LogP contribution in [0.15, 0.2) is 36.5 Å². The van der Waals surface area contributed by atoms with E-state index in [4.69, 9.17) is 5.73 Å².